The van der Waals surface area contributed by atoms with Crippen LogP contribution in [-0.2, 0) is 6.18 Å². The van der Waals surface area contributed by atoms with Crippen LogP contribution in [0.4, 0.5) is 34.6 Å². The molecular weight excluding hydrogens is 402 g/mol. The topological polar surface area (TPSA) is 82.7 Å². The molecule has 0 atom stereocenters. The van der Waals surface area contributed by atoms with Crippen molar-refractivity contribution in [3.05, 3.63) is 78.0 Å². The van der Waals surface area contributed by atoms with E-state index in [0.29, 0.717) is 17.6 Å². The third-order valence-corrected chi connectivity index (χ3v) is 4.33. The largest absolute Gasteiger partial charge is 0.418 e. The Labute approximate surface area is 166 Å². The van der Waals surface area contributed by atoms with Crippen LogP contribution in [-0.4, -0.2) is 21.1 Å². The van der Waals surface area contributed by atoms with Gasteiger partial charge in [-0.1, -0.05) is 0 Å². The zero-order chi connectivity index (χ0) is 21.3. The van der Waals surface area contributed by atoms with E-state index in [4.69, 9.17) is 0 Å². The van der Waals surface area contributed by atoms with Crippen LogP contribution in [0, 0.1) is 5.82 Å². The smallest absolute Gasteiger partial charge is 0.353 e. The molecule has 0 fully saturated rings. The van der Waals surface area contributed by atoms with Gasteiger partial charge in [0.1, 0.15) is 11.5 Å². The minimum Gasteiger partial charge on any atom is -0.353 e. The number of rotatable bonds is 4. The number of anilines is 3. The van der Waals surface area contributed by atoms with Crippen LogP contribution in [0.1, 0.15) is 15.9 Å². The molecule has 0 saturated heterocycles. The molecule has 10 heteroatoms. The summed E-state index contributed by atoms with van der Waals surface area (Å²) in [6.45, 7) is 0. The summed E-state index contributed by atoms with van der Waals surface area (Å²) >= 11 is 0. The molecule has 0 radical (unpaired) electrons. The second-order valence-corrected chi connectivity index (χ2v) is 6.34. The molecule has 2 heterocycles. The van der Waals surface area contributed by atoms with Crippen LogP contribution in [0.5, 0.6) is 0 Å². The summed E-state index contributed by atoms with van der Waals surface area (Å²) in [7, 11) is 0. The van der Waals surface area contributed by atoms with Gasteiger partial charge in [-0.3, -0.25) is 14.9 Å². The minimum atomic E-state index is -4.79. The Kier molecular flexibility index (Phi) is 4.82. The first kappa shape index (κ1) is 19.4. The number of nitrogens with one attached hydrogen (secondary N) is 3. The number of amides is 1. The van der Waals surface area contributed by atoms with Gasteiger partial charge < -0.3 is 10.6 Å². The summed E-state index contributed by atoms with van der Waals surface area (Å²) in [5.74, 6) is -1.82. The lowest BCUT2D eigenvalue weighted by atomic mass is 10.1. The quantitative estimate of drug-likeness (QED) is 0.405. The van der Waals surface area contributed by atoms with Crippen LogP contribution in [0.2, 0.25) is 0 Å². The number of hydrogen-bond acceptors (Lipinski definition) is 4. The molecule has 4 rings (SSSR count). The maximum Gasteiger partial charge on any atom is 0.418 e. The highest BCUT2D eigenvalue weighted by Crippen LogP contribution is 2.41. The van der Waals surface area contributed by atoms with E-state index >= 15 is 0 Å². The van der Waals surface area contributed by atoms with Crippen molar-refractivity contribution in [1.82, 2.24) is 15.2 Å². The van der Waals surface area contributed by atoms with Gasteiger partial charge in [0.05, 0.1) is 28.5 Å². The molecule has 0 saturated carbocycles. The molecule has 6 nitrogen and oxygen atoms in total. The molecule has 0 aliphatic carbocycles. The second-order valence-electron chi connectivity index (χ2n) is 6.34. The monoisotopic (exact) mass is 415 g/mol. The fraction of sp³-hybridized carbons (Fsp3) is 0.0500. The van der Waals surface area contributed by atoms with Crippen molar-refractivity contribution in [2.45, 2.75) is 6.18 Å². The Morgan fingerprint density at radius 2 is 1.87 bits per heavy atom. The molecule has 3 N–H and O–H groups in total. The van der Waals surface area contributed by atoms with Gasteiger partial charge in [0.15, 0.2) is 0 Å². The number of carbonyl (C=O) groups is 1. The molecule has 0 aliphatic heterocycles. The number of halogens is 4. The lowest BCUT2D eigenvalue weighted by molar-refractivity contribution is -0.136. The number of fused-ring (bicyclic) bond motifs is 1. The maximum absolute atomic E-state index is 14.5. The number of aromatic nitrogens is 3. The molecule has 0 unspecified atom stereocenters. The number of hydrogen-bond donors (Lipinski definition) is 3. The maximum atomic E-state index is 14.5. The van der Waals surface area contributed by atoms with Gasteiger partial charge in [-0.05, 0) is 42.5 Å². The third kappa shape index (κ3) is 3.79. The normalized spacial score (nSPS) is 11.5. The van der Waals surface area contributed by atoms with Crippen molar-refractivity contribution in [1.29, 1.82) is 0 Å². The number of H-pyrrole nitrogens is 1. The number of pyridine rings is 1. The number of benzene rings is 2. The summed E-state index contributed by atoms with van der Waals surface area (Å²) in [6.07, 6.45) is -0.579. The molecule has 0 aliphatic rings. The van der Waals surface area contributed by atoms with Crippen molar-refractivity contribution in [2.24, 2.45) is 0 Å². The zero-order valence-electron chi connectivity index (χ0n) is 15.1. The van der Waals surface area contributed by atoms with Crippen LogP contribution in [0.3, 0.4) is 0 Å². The highest BCUT2D eigenvalue weighted by molar-refractivity contribution is 6.06. The van der Waals surface area contributed by atoms with Crippen LogP contribution in [0.25, 0.3) is 10.9 Å². The van der Waals surface area contributed by atoms with E-state index in [9.17, 15) is 22.4 Å². The van der Waals surface area contributed by atoms with Gasteiger partial charge in [0.2, 0.25) is 0 Å². The fourth-order valence-corrected chi connectivity index (χ4v) is 2.91. The highest BCUT2D eigenvalue weighted by atomic mass is 19.4. The number of alkyl halides is 3. The molecule has 1 amide bonds. The number of nitrogens with zero attached hydrogens (tertiary/aromatic N) is 2. The van der Waals surface area contributed by atoms with Gasteiger partial charge in [-0.15, -0.1) is 0 Å². The highest BCUT2D eigenvalue weighted by Gasteiger charge is 2.36. The van der Waals surface area contributed by atoms with Crippen LogP contribution < -0.4 is 10.6 Å². The van der Waals surface area contributed by atoms with E-state index < -0.39 is 34.8 Å². The molecule has 30 heavy (non-hydrogen) atoms. The van der Waals surface area contributed by atoms with Gasteiger partial charge in [-0.25, -0.2) is 4.39 Å². The molecule has 152 valence electrons. The SMILES string of the molecule is O=C(Nc1c(F)ccc(C(F)(F)F)c1Nc1ccc2cn[nH]c2c1)c1cccnc1. The molecule has 0 bridgehead atoms. The zero-order valence-corrected chi connectivity index (χ0v) is 15.1. The Bertz CT molecular complexity index is 1220. The average molecular weight is 415 g/mol. The Balaban J connectivity index is 1.79. The molecule has 4 aromatic rings. The lowest BCUT2D eigenvalue weighted by Gasteiger charge is -2.19. The van der Waals surface area contributed by atoms with Crippen molar-refractivity contribution < 1.29 is 22.4 Å². The van der Waals surface area contributed by atoms with Crippen molar-refractivity contribution in [3.63, 3.8) is 0 Å². The fourth-order valence-electron chi connectivity index (χ4n) is 2.91. The second kappa shape index (κ2) is 7.47. The first-order valence-electron chi connectivity index (χ1n) is 8.64. The Morgan fingerprint density at radius 3 is 2.60 bits per heavy atom. The van der Waals surface area contributed by atoms with Gasteiger partial charge in [0, 0.05) is 23.5 Å². The number of aromatic amines is 1. The van der Waals surface area contributed by atoms with E-state index in [1.165, 1.54) is 36.7 Å². The van der Waals surface area contributed by atoms with Crippen molar-refractivity contribution in [2.75, 3.05) is 10.6 Å². The summed E-state index contributed by atoms with van der Waals surface area (Å²) in [6, 6.07) is 8.86. The van der Waals surface area contributed by atoms with E-state index in [1.807, 2.05) is 0 Å². The summed E-state index contributed by atoms with van der Waals surface area (Å²) in [5, 5.41) is 12.1. The van der Waals surface area contributed by atoms with E-state index in [-0.39, 0.29) is 11.3 Å². The molecule has 0 spiro atoms. The average Bonchev–Trinajstić information content (AvgIpc) is 3.18. The standard InChI is InChI=1S/C20H13F4N5O/c21-15-6-5-14(20(22,23)24)17(18(15)28-19(30)12-2-1-7-25-9-12)27-13-4-3-11-10-26-29-16(11)8-13/h1-10,27H,(H,26,29)(H,28,30). The predicted molar refractivity (Wildman–Crippen MR) is 103 cm³/mol. The first-order chi connectivity index (χ1) is 14.3. The van der Waals surface area contributed by atoms with E-state index in [2.05, 4.69) is 25.8 Å². The van der Waals surface area contributed by atoms with Gasteiger partial charge in [0.25, 0.3) is 5.91 Å². The summed E-state index contributed by atoms with van der Waals surface area (Å²) in [4.78, 5) is 16.2. The molecule has 2 aromatic heterocycles. The van der Waals surface area contributed by atoms with E-state index in [1.54, 1.807) is 12.3 Å². The molecular formula is C20H13F4N5O. The predicted octanol–water partition coefficient (Wildman–Crippen LogP) is 5.11. The van der Waals surface area contributed by atoms with Crippen molar-refractivity contribution in [3.8, 4) is 0 Å². The number of carbonyl (C=O) groups excluding carboxylic acids is 1. The van der Waals surface area contributed by atoms with Crippen molar-refractivity contribution >= 4 is 33.9 Å². The summed E-state index contributed by atoms with van der Waals surface area (Å²) in [5.41, 5.74) is -1.47. The van der Waals surface area contributed by atoms with E-state index in [0.717, 1.165) is 5.39 Å². The lowest BCUT2D eigenvalue weighted by Crippen LogP contribution is -2.17. The third-order valence-electron chi connectivity index (χ3n) is 4.33. The minimum absolute atomic E-state index is 0.0686. The Hall–Kier alpha value is -3.95. The Morgan fingerprint density at radius 1 is 1.03 bits per heavy atom. The van der Waals surface area contributed by atoms with Gasteiger partial charge >= 0.3 is 6.18 Å². The first-order valence-corrected chi connectivity index (χ1v) is 8.64. The van der Waals surface area contributed by atoms with Crippen LogP contribution >= 0.6 is 0 Å². The van der Waals surface area contributed by atoms with Gasteiger partial charge in [-0.2, -0.15) is 18.3 Å². The summed E-state index contributed by atoms with van der Waals surface area (Å²) < 4.78 is 55.4. The van der Waals surface area contributed by atoms with Crippen LogP contribution in [0.15, 0.2) is 61.1 Å². The molecule has 2 aromatic carbocycles.